The van der Waals surface area contributed by atoms with E-state index in [0.717, 1.165) is 41.4 Å². The van der Waals surface area contributed by atoms with Crippen molar-refractivity contribution >= 4 is 5.65 Å². The summed E-state index contributed by atoms with van der Waals surface area (Å²) in [7, 11) is 3.32. The van der Waals surface area contributed by atoms with E-state index < -0.39 is 0 Å². The van der Waals surface area contributed by atoms with Crippen LogP contribution in [-0.2, 0) is 13.0 Å². The van der Waals surface area contributed by atoms with Gasteiger partial charge in [0.05, 0.1) is 19.9 Å². The molecule has 0 saturated carbocycles. The van der Waals surface area contributed by atoms with E-state index in [1.54, 1.807) is 30.9 Å². The van der Waals surface area contributed by atoms with Gasteiger partial charge in [0.1, 0.15) is 5.65 Å². The van der Waals surface area contributed by atoms with E-state index in [-0.39, 0.29) is 11.6 Å². The number of pyridine rings is 1. The highest BCUT2D eigenvalue weighted by Crippen LogP contribution is 2.38. The van der Waals surface area contributed by atoms with Crippen LogP contribution in [0.15, 0.2) is 41.3 Å². The first kappa shape index (κ1) is 18.5. The van der Waals surface area contributed by atoms with E-state index in [2.05, 4.69) is 24.0 Å². The van der Waals surface area contributed by atoms with Crippen molar-refractivity contribution in [2.75, 3.05) is 20.8 Å². The molecule has 1 aliphatic heterocycles. The molecule has 3 heterocycles. The first-order chi connectivity index (χ1) is 13.5. The summed E-state index contributed by atoms with van der Waals surface area (Å²) >= 11 is 0. The molecule has 0 radical (unpaired) electrons. The van der Waals surface area contributed by atoms with E-state index >= 15 is 0 Å². The van der Waals surface area contributed by atoms with Crippen LogP contribution in [0.25, 0.3) is 5.65 Å². The number of nitrogens with zero attached hydrogens (tertiary/aromatic N) is 3. The molecular formula is C22H25N3O3. The molecule has 0 spiro atoms. The van der Waals surface area contributed by atoms with Crippen LogP contribution in [0.5, 0.6) is 11.5 Å². The van der Waals surface area contributed by atoms with Crippen molar-refractivity contribution < 1.29 is 9.47 Å². The minimum atomic E-state index is -0.0415. The van der Waals surface area contributed by atoms with E-state index in [1.807, 2.05) is 19.1 Å². The van der Waals surface area contributed by atoms with Crippen molar-refractivity contribution in [2.24, 2.45) is 0 Å². The van der Waals surface area contributed by atoms with Crippen LogP contribution < -0.4 is 15.0 Å². The largest absolute Gasteiger partial charge is 0.493 e. The second-order valence-corrected chi connectivity index (χ2v) is 7.27. The fraction of sp³-hybridized carbons (Fsp3) is 0.364. The Hall–Kier alpha value is -2.86. The molecule has 0 fully saturated rings. The second kappa shape index (κ2) is 7.28. The van der Waals surface area contributed by atoms with Crippen LogP contribution in [0.1, 0.15) is 35.3 Å². The SMILES string of the molecule is COc1cc2c(cc1OC)[C@@H](C)N(Cc1cc(=O)n3cccc(C)c3n1)CC2. The maximum atomic E-state index is 12.5. The molecule has 1 atom stereocenters. The summed E-state index contributed by atoms with van der Waals surface area (Å²) in [5, 5.41) is 0. The third kappa shape index (κ3) is 3.14. The number of rotatable bonds is 4. The van der Waals surface area contributed by atoms with Gasteiger partial charge in [-0.3, -0.25) is 14.1 Å². The number of methoxy groups -OCH3 is 2. The van der Waals surface area contributed by atoms with Crippen molar-refractivity contribution in [1.82, 2.24) is 14.3 Å². The molecule has 4 rings (SSSR count). The topological polar surface area (TPSA) is 56.1 Å². The highest BCUT2D eigenvalue weighted by molar-refractivity contribution is 5.49. The van der Waals surface area contributed by atoms with E-state index in [1.165, 1.54) is 11.1 Å². The maximum absolute atomic E-state index is 12.5. The summed E-state index contributed by atoms with van der Waals surface area (Å²) in [5.74, 6) is 1.51. The lowest BCUT2D eigenvalue weighted by atomic mass is 9.92. The lowest BCUT2D eigenvalue weighted by Gasteiger charge is -2.35. The average Bonchev–Trinajstić information content (AvgIpc) is 2.70. The van der Waals surface area contributed by atoms with Gasteiger partial charge in [-0.1, -0.05) is 6.07 Å². The Labute approximate surface area is 164 Å². The van der Waals surface area contributed by atoms with Gasteiger partial charge in [0.25, 0.3) is 5.56 Å². The monoisotopic (exact) mass is 379 g/mol. The summed E-state index contributed by atoms with van der Waals surface area (Å²) in [6.07, 6.45) is 2.69. The van der Waals surface area contributed by atoms with Crippen LogP contribution in [0, 0.1) is 6.92 Å². The van der Waals surface area contributed by atoms with Gasteiger partial charge in [0.15, 0.2) is 11.5 Å². The predicted octanol–water partition coefficient (Wildman–Crippen LogP) is 3.14. The Bertz CT molecular complexity index is 1090. The number of benzene rings is 1. The van der Waals surface area contributed by atoms with E-state index in [4.69, 9.17) is 14.5 Å². The average molecular weight is 379 g/mol. The van der Waals surface area contributed by atoms with Gasteiger partial charge >= 0.3 is 0 Å². The van der Waals surface area contributed by atoms with E-state index in [0.29, 0.717) is 6.54 Å². The molecule has 0 N–H and O–H groups in total. The molecule has 0 amide bonds. The molecule has 6 heteroatoms. The molecule has 0 unspecified atom stereocenters. The number of hydrogen-bond acceptors (Lipinski definition) is 5. The quantitative estimate of drug-likeness (QED) is 0.697. The van der Waals surface area contributed by atoms with Crippen LogP contribution in [0.2, 0.25) is 0 Å². The molecular weight excluding hydrogens is 354 g/mol. The number of aryl methyl sites for hydroxylation is 1. The smallest absolute Gasteiger partial charge is 0.258 e. The lowest BCUT2D eigenvalue weighted by molar-refractivity contribution is 0.186. The summed E-state index contributed by atoms with van der Waals surface area (Å²) in [6.45, 7) is 5.70. The standard InChI is InChI=1S/C22H25N3O3/c1-14-6-5-8-25-21(26)11-17(23-22(14)25)13-24-9-7-16-10-19(27-3)20(28-4)12-18(16)15(24)2/h5-6,8,10-12,15H,7,9,13H2,1-4H3/t15-/m1/s1. The first-order valence-electron chi connectivity index (χ1n) is 9.48. The predicted molar refractivity (Wildman–Crippen MR) is 108 cm³/mol. The van der Waals surface area contributed by atoms with Gasteiger partial charge in [0.2, 0.25) is 0 Å². The Morgan fingerprint density at radius 3 is 2.68 bits per heavy atom. The van der Waals surface area contributed by atoms with Crippen molar-refractivity contribution in [3.63, 3.8) is 0 Å². The number of aromatic nitrogens is 2. The Kier molecular flexibility index (Phi) is 4.81. The normalized spacial score (nSPS) is 16.8. The third-order valence-corrected chi connectivity index (χ3v) is 5.62. The van der Waals surface area contributed by atoms with Crippen LogP contribution in [0.3, 0.4) is 0 Å². The Morgan fingerprint density at radius 1 is 1.18 bits per heavy atom. The minimum absolute atomic E-state index is 0.0415. The zero-order valence-corrected chi connectivity index (χ0v) is 16.7. The van der Waals surface area contributed by atoms with Gasteiger partial charge in [-0.2, -0.15) is 0 Å². The lowest BCUT2D eigenvalue weighted by Crippen LogP contribution is -2.34. The molecule has 28 heavy (non-hydrogen) atoms. The fourth-order valence-corrected chi connectivity index (χ4v) is 4.01. The number of ether oxygens (including phenoxy) is 2. The molecule has 0 aliphatic carbocycles. The highest BCUT2D eigenvalue weighted by atomic mass is 16.5. The van der Waals surface area contributed by atoms with Crippen LogP contribution in [-0.4, -0.2) is 35.0 Å². The summed E-state index contributed by atoms with van der Waals surface area (Å²) < 4.78 is 12.5. The molecule has 0 bridgehead atoms. The highest BCUT2D eigenvalue weighted by Gasteiger charge is 2.26. The molecule has 1 aliphatic rings. The number of fused-ring (bicyclic) bond motifs is 2. The number of hydrogen-bond donors (Lipinski definition) is 0. The van der Waals surface area contributed by atoms with Crippen molar-refractivity contribution in [3.05, 3.63) is 69.3 Å². The minimum Gasteiger partial charge on any atom is -0.493 e. The van der Waals surface area contributed by atoms with Crippen molar-refractivity contribution in [1.29, 1.82) is 0 Å². The molecule has 2 aromatic heterocycles. The van der Waals surface area contributed by atoms with E-state index in [9.17, 15) is 4.79 Å². The van der Waals surface area contributed by atoms with Crippen LogP contribution in [0.4, 0.5) is 0 Å². The summed E-state index contributed by atoms with van der Waals surface area (Å²) in [5.41, 5.74) is 4.99. The van der Waals surface area contributed by atoms with Crippen molar-refractivity contribution in [2.45, 2.75) is 32.9 Å². The summed E-state index contributed by atoms with van der Waals surface area (Å²) in [4.78, 5) is 19.6. The zero-order valence-electron chi connectivity index (χ0n) is 16.7. The third-order valence-electron chi connectivity index (χ3n) is 5.62. The van der Waals surface area contributed by atoms with Gasteiger partial charge in [0, 0.05) is 31.4 Å². The summed E-state index contributed by atoms with van der Waals surface area (Å²) in [6, 6.07) is 9.83. The van der Waals surface area contributed by atoms with Gasteiger partial charge in [-0.05, 0) is 55.2 Å². The second-order valence-electron chi connectivity index (χ2n) is 7.27. The molecule has 146 valence electrons. The Morgan fingerprint density at radius 2 is 1.93 bits per heavy atom. The molecule has 1 aromatic carbocycles. The molecule has 3 aromatic rings. The van der Waals surface area contributed by atoms with Gasteiger partial charge in [-0.15, -0.1) is 0 Å². The molecule has 6 nitrogen and oxygen atoms in total. The Balaban J connectivity index is 1.66. The molecule has 0 saturated heterocycles. The van der Waals surface area contributed by atoms with Crippen LogP contribution >= 0.6 is 0 Å². The fourth-order valence-electron chi connectivity index (χ4n) is 4.01. The van der Waals surface area contributed by atoms with Crippen molar-refractivity contribution in [3.8, 4) is 11.5 Å². The van der Waals surface area contributed by atoms with Gasteiger partial charge in [-0.25, -0.2) is 4.98 Å². The van der Waals surface area contributed by atoms with Gasteiger partial charge < -0.3 is 9.47 Å². The first-order valence-corrected chi connectivity index (χ1v) is 9.48. The zero-order chi connectivity index (χ0) is 19.8. The maximum Gasteiger partial charge on any atom is 0.258 e.